The lowest BCUT2D eigenvalue weighted by molar-refractivity contribution is -0.536. The molecular formula is C26H10F26O9. The van der Waals surface area contributed by atoms with Gasteiger partial charge in [-0.1, -0.05) is 19.7 Å². The third kappa shape index (κ3) is 10.7. The normalized spacial score (nSPS) is 17.6. The molecule has 0 radical (unpaired) electrons. The van der Waals surface area contributed by atoms with E-state index in [1.165, 1.54) is 13.2 Å². The van der Waals surface area contributed by atoms with E-state index in [-0.39, 0.29) is 0 Å². The van der Waals surface area contributed by atoms with Crippen molar-refractivity contribution in [3.05, 3.63) is 36.5 Å². The number of rotatable bonds is 18. The molecule has 35 heteroatoms. The highest BCUT2D eigenvalue weighted by molar-refractivity contribution is 6.47. The molecule has 3 unspecified atom stereocenters. The zero-order valence-electron chi connectivity index (χ0n) is 27.7. The first-order valence-corrected chi connectivity index (χ1v) is 13.5. The Hall–Kier alpha value is -4.70. The minimum absolute atomic E-state index is 1.52. The fourth-order valence-corrected chi connectivity index (χ4v) is 3.29. The van der Waals surface area contributed by atoms with Crippen LogP contribution in [0, 0.1) is 5.41 Å². The zero-order chi connectivity index (χ0) is 49.9. The minimum atomic E-state index is -8.70. The van der Waals surface area contributed by atoms with E-state index in [4.69, 9.17) is 0 Å². The summed E-state index contributed by atoms with van der Waals surface area (Å²) in [5.41, 5.74) is -18.8. The van der Waals surface area contributed by atoms with E-state index in [1.54, 1.807) is 16.1 Å². The monoisotopic (exact) mass is 960 g/mol. The molecule has 0 saturated carbocycles. The summed E-state index contributed by atoms with van der Waals surface area (Å²) in [5, 5.41) is 0. The van der Waals surface area contributed by atoms with E-state index in [0.29, 0.717) is 0 Å². The molecule has 0 aliphatic heterocycles. The van der Waals surface area contributed by atoms with Crippen molar-refractivity contribution < 1.29 is 157 Å². The first kappa shape index (κ1) is 56.3. The van der Waals surface area contributed by atoms with Gasteiger partial charge in [-0.25, -0.2) is 0 Å². The summed E-state index contributed by atoms with van der Waals surface area (Å²) < 4.78 is 367. The van der Waals surface area contributed by atoms with Gasteiger partial charge in [0.2, 0.25) is 34.7 Å². The van der Waals surface area contributed by atoms with E-state index in [1.807, 2.05) is 0 Å². The molecule has 0 aromatic heterocycles. The van der Waals surface area contributed by atoms with Crippen LogP contribution in [0.2, 0.25) is 0 Å². The van der Waals surface area contributed by atoms with Crippen molar-refractivity contribution in [2.75, 3.05) is 0 Å². The van der Waals surface area contributed by atoms with Gasteiger partial charge in [0.05, 0.1) is 16.7 Å². The van der Waals surface area contributed by atoms with Crippen molar-refractivity contribution in [3.63, 3.8) is 0 Å². The fourth-order valence-electron chi connectivity index (χ4n) is 3.29. The van der Waals surface area contributed by atoms with E-state index in [0.717, 1.165) is 0 Å². The molecule has 3 atom stereocenters. The number of hydrogen-bond donors (Lipinski definition) is 0. The number of hydrogen-bond acceptors (Lipinski definition) is 9. The second-order valence-electron chi connectivity index (χ2n) is 11.0. The average molecular weight is 960 g/mol. The van der Waals surface area contributed by atoms with Crippen molar-refractivity contribution in [2.45, 2.75) is 80.1 Å². The van der Waals surface area contributed by atoms with E-state index in [9.17, 15) is 108 Å². The highest BCUT2D eigenvalue weighted by atomic mass is 19.4. The maximum Gasteiger partial charge on any atom is 0.457 e. The summed E-state index contributed by atoms with van der Waals surface area (Å²) in [7, 11) is 0. The van der Waals surface area contributed by atoms with Crippen molar-refractivity contribution in [1.82, 2.24) is 0 Å². The lowest BCUT2D eigenvalue weighted by atomic mass is 9.84. The summed E-state index contributed by atoms with van der Waals surface area (Å²) in [4.78, 5) is 70.5. The van der Waals surface area contributed by atoms with Crippen LogP contribution in [0.1, 0.15) is 6.92 Å². The van der Waals surface area contributed by atoms with Crippen LogP contribution in [0.25, 0.3) is 0 Å². The molecule has 0 heterocycles. The van der Waals surface area contributed by atoms with Crippen molar-refractivity contribution in [1.29, 1.82) is 0 Å². The Morgan fingerprint density at radius 1 is 0.410 bits per heavy atom. The van der Waals surface area contributed by atoms with Gasteiger partial charge in [-0.05, 0) is 6.92 Å². The third-order valence-corrected chi connectivity index (χ3v) is 6.88. The molecule has 0 aliphatic carbocycles. The number of ketones is 6. The lowest BCUT2D eigenvalue weighted by Crippen LogP contribution is -2.71. The molecule has 61 heavy (non-hydrogen) atoms. The molecule has 0 rings (SSSR count). The largest absolute Gasteiger partial charge is 0.457 e. The van der Waals surface area contributed by atoms with Gasteiger partial charge in [0.1, 0.15) is 0 Å². The number of carbonyl (C=O) groups excluding carboxylic acids is 6. The van der Waals surface area contributed by atoms with Crippen LogP contribution in [0.5, 0.6) is 0 Å². The van der Waals surface area contributed by atoms with Gasteiger partial charge in [-0.2, -0.15) is 114 Å². The zero-order valence-corrected chi connectivity index (χ0v) is 27.7. The number of allylic oxidation sites excluding steroid dienone is 3. The van der Waals surface area contributed by atoms with Gasteiger partial charge in [-0.3, -0.25) is 43.0 Å². The summed E-state index contributed by atoms with van der Waals surface area (Å²) in [6, 6.07) is 0. The predicted octanol–water partition coefficient (Wildman–Crippen LogP) is 7.98. The predicted molar refractivity (Wildman–Crippen MR) is 131 cm³/mol. The first-order chi connectivity index (χ1) is 26.2. The number of alkyl halides is 26. The van der Waals surface area contributed by atoms with Crippen LogP contribution in [0.15, 0.2) is 36.5 Å². The van der Waals surface area contributed by atoms with Crippen molar-refractivity contribution in [3.8, 4) is 0 Å². The van der Waals surface area contributed by atoms with Gasteiger partial charge >= 0.3 is 67.1 Å². The molecule has 0 bridgehead atoms. The molecule has 0 spiro atoms. The molecule has 350 valence electrons. The maximum atomic E-state index is 15.6. The van der Waals surface area contributed by atoms with Gasteiger partial charge in [0.15, 0.2) is 0 Å². The summed E-state index contributed by atoms with van der Waals surface area (Å²) >= 11 is 0. The van der Waals surface area contributed by atoms with Crippen LogP contribution in [0.4, 0.5) is 114 Å². The van der Waals surface area contributed by atoms with Crippen LogP contribution < -0.4 is 0 Å². The van der Waals surface area contributed by atoms with Crippen LogP contribution >= 0.6 is 0 Å². The fraction of sp³-hybridized carbons (Fsp3) is 0.538. The lowest BCUT2D eigenvalue weighted by Gasteiger charge is -2.47. The average Bonchev–Trinajstić information content (AvgIpc) is 3.03. The second kappa shape index (κ2) is 16.2. The molecular weight excluding hydrogens is 950 g/mol. The van der Waals surface area contributed by atoms with Crippen LogP contribution in [0.3, 0.4) is 0 Å². The topological polar surface area (TPSA) is 130 Å². The Morgan fingerprint density at radius 2 is 0.656 bits per heavy atom. The Kier molecular flexibility index (Phi) is 15.0. The smallest absolute Gasteiger partial charge is 0.298 e. The highest BCUT2D eigenvalue weighted by Crippen LogP contribution is 2.63. The Balaban J connectivity index is 8.68. The molecule has 0 N–H and O–H groups in total. The van der Waals surface area contributed by atoms with E-state index < -0.39 is 137 Å². The van der Waals surface area contributed by atoms with Crippen molar-refractivity contribution in [2.24, 2.45) is 5.41 Å². The number of ether oxygens (including phenoxy) is 3. The molecule has 0 fully saturated rings. The SMILES string of the molecule is C=C(C(=O)C(=O)C(OC(F)(F)C(C)(C(F)(F)OC(F)(C(=O)C(=O)C(=C)C(F)(F)F)C(F)(F)F)C(F)(F)OC(F)(C(=O)C(=O)C(=C)C(F)(F)F)C(F)(F)F)C(F)(F)F)C(F)(F)F. The minimum Gasteiger partial charge on any atom is -0.298 e. The number of carbonyl (C=O) groups is 6. The highest BCUT2D eigenvalue weighted by Gasteiger charge is 2.87. The molecule has 0 aromatic rings. The molecule has 0 amide bonds. The van der Waals surface area contributed by atoms with Gasteiger partial charge < -0.3 is 0 Å². The van der Waals surface area contributed by atoms with Crippen LogP contribution in [-0.4, -0.2) is 108 Å². The van der Waals surface area contributed by atoms with Crippen LogP contribution in [-0.2, 0) is 43.0 Å². The van der Waals surface area contributed by atoms with Gasteiger partial charge in [0, 0.05) is 0 Å². The Labute approximate surface area is 314 Å². The first-order valence-electron chi connectivity index (χ1n) is 13.5. The summed E-state index contributed by atoms with van der Waals surface area (Å²) in [6.45, 7) is 2.26. The quantitative estimate of drug-likeness (QED) is 0.0763. The van der Waals surface area contributed by atoms with Crippen molar-refractivity contribution >= 4 is 34.7 Å². The number of Topliss-reactive ketones (excluding diaryl/α,β-unsaturated/α-hetero) is 6. The van der Waals surface area contributed by atoms with E-state index >= 15 is 35.1 Å². The second-order valence-corrected chi connectivity index (χ2v) is 11.0. The van der Waals surface area contributed by atoms with Gasteiger partial charge in [-0.15, -0.1) is 0 Å². The molecule has 0 saturated heterocycles. The Morgan fingerprint density at radius 3 is 0.869 bits per heavy atom. The van der Waals surface area contributed by atoms with E-state index in [2.05, 4.69) is 4.74 Å². The molecule has 9 nitrogen and oxygen atoms in total. The summed E-state index contributed by atoms with van der Waals surface area (Å²) in [5.74, 6) is -42.6. The Bertz CT molecular complexity index is 1750. The van der Waals surface area contributed by atoms with Gasteiger partial charge in [0.25, 0.3) is 11.6 Å². The standard InChI is InChI=1S/C26H10F26O9/c1-5(18(29,30)31)8(53)11(56)14(21(38,39)40)59-24(47,48)15(4,25(49,50)60-16(27,22(41,42)43)12(57)9(54)6(2)19(32,33)34)26(51,52)61-17(28,23(44,45)46)13(58)10(55)7(3)20(35,36)37/h14H,1-3H2,4H3. The molecule has 0 aliphatic rings. The molecule has 0 aromatic carbocycles. The third-order valence-electron chi connectivity index (χ3n) is 6.88. The maximum absolute atomic E-state index is 15.6. The summed E-state index contributed by atoms with van der Waals surface area (Å²) in [6.07, 6.45) is -75.4. The number of halogens is 26.